The molecule has 0 aliphatic carbocycles. The van der Waals surface area contributed by atoms with Crippen molar-refractivity contribution in [2.24, 2.45) is 0 Å². The molecule has 2 aromatic carbocycles. The Labute approximate surface area is 155 Å². The summed E-state index contributed by atoms with van der Waals surface area (Å²) in [6.45, 7) is 7.42. The summed E-state index contributed by atoms with van der Waals surface area (Å²) < 4.78 is 0. The van der Waals surface area contributed by atoms with Crippen LogP contribution in [0.25, 0.3) is 0 Å². The van der Waals surface area contributed by atoms with Crippen LogP contribution in [-0.4, -0.2) is 37.1 Å². The molecule has 3 N–H and O–H groups in total. The van der Waals surface area contributed by atoms with Gasteiger partial charge < -0.3 is 20.9 Å². The minimum atomic E-state index is -0.0552. The van der Waals surface area contributed by atoms with E-state index in [2.05, 4.69) is 42.3 Å². The lowest BCUT2D eigenvalue weighted by molar-refractivity contribution is 0.208. The van der Waals surface area contributed by atoms with Crippen molar-refractivity contribution in [1.29, 1.82) is 0 Å². The molecule has 1 fully saturated rings. The predicted octanol–water partition coefficient (Wildman–Crippen LogP) is 3.66. The van der Waals surface area contributed by atoms with Crippen LogP contribution in [-0.2, 0) is 0 Å². The number of hydrogen-bond acceptors (Lipinski definition) is 3. The van der Waals surface area contributed by atoms with Crippen molar-refractivity contribution < 1.29 is 4.79 Å². The van der Waals surface area contributed by atoms with Gasteiger partial charge in [0.2, 0.25) is 0 Å². The Kier molecular flexibility index (Phi) is 6.15. The second-order valence-corrected chi connectivity index (χ2v) is 6.25. The molecule has 2 aromatic rings. The zero-order valence-electron chi connectivity index (χ0n) is 14.7. The Balaban J connectivity index is 0.00000225. The molecule has 5 nitrogen and oxygen atoms in total. The molecule has 0 radical (unpaired) electrons. The Hall–Kier alpha value is -2.40. The van der Waals surface area contributed by atoms with Crippen LogP contribution in [0.15, 0.2) is 42.5 Å². The number of hydrogen-bond donors (Lipinski definition) is 2. The molecule has 1 heterocycles. The first-order valence-corrected chi connectivity index (χ1v) is 8.27. The number of benzene rings is 2. The lowest BCUT2D eigenvalue weighted by Gasteiger charge is -2.37. The third kappa shape index (κ3) is 4.37. The van der Waals surface area contributed by atoms with Crippen LogP contribution in [0.2, 0.25) is 0 Å². The number of nitrogens with two attached hydrogens (primary N) is 1. The van der Waals surface area contributed by atoms with Gasteiger partial charge in [0.25, 0.3) is 0 Å². The van der Waals surface area contributed by atoms with Gasteiger partial charge in [0.15, 0.2) is 0 Å². The van der Waals surface area contributed by atoms with Crippen molar-refractivity contribution in [1.82, 2.24) is 4.90 Å². The van der Waals surface area contributed by atoms with Crippen molar-refractivity contribution in [3.05, 3.63) is 53.6 Å². The lowest BCUT2D eigenvalue weighted by Crippen LogP contribution is -2.50. The summed E-state index contributed by atoms with van der Waals surface area (Å²) in [6, 6.07) is 13.5. The second kappa shape index (κ2) is 8.12. The lowest BCUT2D eigenvalue weighted by atomic mass is 10.1. The van der Waals surface area contributed by atoms with E-state index in [0.717, 1.165) is 18.8 Å². The second-order valence-electron chi connectivity index (χ2n) is 6.25. The van der Waals surface area contributed by atoms with Gasteiger partial charge in [0.1, 0.15) is 0 Å². The van der Waals surface area contributed by atoms with E-state index < -0.39 is 0 Å². The fraction of sp³-hybridized carbons (Fsp3) is 0.316. The van der Waals surface area contributed by atoms with Crippen LogP contribution < -0.4 is 16.0 Å². The first-order valence-electron chi connectivity index (χ1n) is 8.27. The van der Waals surface area contributed by atoms with Crippen molar-refractivity contribution in [2.45, 2.75) is 13.8 Å². The van der Waals surface area contributed by atoms with Gasteiger partial charge in [-0.25, -0.2) is 4.79 Å². The molecule has 0 aromatic heterocycles. The van der Waals surface area contributed by atoms with Gasteiger partial charge in [-0.05, 0) is 55.3 Å². The molecule has 0 atom stereocenters. The van der Waals surface area contributed by atoms with E-state index in [9.17, 15) is 4.79 Å². The Bertz CT molecular complexity index is 725. The van der Waals surface area contributed by atoms with Gasteiger partial charge in [0.05, 0.1) is 0 Å². The fourth-order valence-corrected chi connectivity index (χ4v) is 3.00. The van der Waals surface area contributed by atoms with Crippen molar-refractivity contribution in [2.75, 3.05) is 42.1 Å². The number of nitrogens with one attached hydrogen (secondary N) is 1. The topological polar surface area (TPSA) is 61.6 Å². The highest BCUT2D eigenvalue weighted by Crippen LogP contribution is 2.24. The van der Waals surface area contributed by atoms with Crippen LogP contribution in [0.5, 0.6) is 0 Å². The highest BCUT2D eigenvalue weighted by Gasteiger charge is 2.22. The number of amides is 2. The maximum Gasteiger partial charge on any atom is 0.321 e. The van der Waals surface area contributed by atoms with Crippen LogP contribution >= 0.6 is 12.4 Å². The molecule has 6 heteroatoms. The number of nitrogen functional groups attached to an aromatic ring is 1. The molecule has 1 aliphatic heterocycles. The van der Waals surface area contributed by atoms with E-state index in [1.807, 2.05) is 17.0 Å². The first kappa shape index (κ1) is 18.9. The standard InChI is InChI=1S/C19H24N4O.ClH/c1-14-4-3-5-18(15(14)2)22-10-12-23(13-11-22)19(24)21-17-8-6-16(20)7-9-17;/h3-9H,10-13,20H2,1-2H3,(H,21,24);1H. The van der Waals surface area contributed by atoms with Gasteiger partial charge in [-0.3, -0.25) is 0 Å². The maximum atomic E-state index is 12.4. The van der Waals surface area contributed by atoms with Crippen molar-refractivity contribution in [3.63, 3.8) is 0 Å². The summed E-state index contributed by atoms with van der Waals surface area (Å²) in [7, 11) is 0. The Morgan fingerprint density at radius 3 is 2.28 bits per heavy atom. The number of piperazine rings is 1. The average Bonchev–Trinajstić information content (AvgIpc) is 2.59. The van der Waals surface area contributed by atoms with E-state index in [4.69, 9.17) is 5.73 Å². The van der Waals surface area contributed by atoms with Gasteiger partial charge in [-0.1, -0.05) is 12.1 Å². The summed E-state index contributed by atoms with van der Waals surface area (Å²) in [5, 5.41) is 2.93. The number of urea groups is 1. The number of halogens is 1. The molecule has 0 spiro atoms. The molecular formula is C19H25ClN4O. The summed E-state index contributed by atoms with van der Waals surface area (Å²) in [6.07, 6.45) is 0. The number of anilines is 3. The van der Waals surface area contributed by atoms with Crippen LogP contribution in [0.3, 0.4) is 0 Å². The Morgan fingerprint density at radius 1 is 1.00 bits per heavy atom. The van der Waals surface area contributed by atoms with Gasteiger partial charge >= 0.3 is 6.03 Å². The number of carbonyl (C=O) groups excluding carboxylic acids is 1. The third-order valence-corrected chi connectivity index (χ3v) is 4.65. The summed E-state index contributed by atoms with van der Waals surface area (Å²) in [5.41, 5.74) is 11.0. The van der Waals surface area contributed by atoms with E-state index in [1.165, 1.54) is 16.8 Å². The summed E-state index contributed by atoms with van der Waals surface area (Å²) in [5.74, 6) is 0. The molecule has 0 saturated carbocycles. The van der Waals surface area contributed by atoms with Crippen molar-refractivity contribution in [3.8, 4) is 0 Å². The molecule has 0 unspecified atom stereocenters. The first-order chi connectivity index (χ1) is 11.5. The highest BCUT2D eigenvalue weighted by atomic mass is 35.5. The number of nitrogens with zero attached hydrogens (tertiary/aromatic N) is 2. The molecule has 3 rings (SSSR count). The van der Waals surface area contributed by atoms with Gasteiger partial charge in [-0.15, -0.1) is 12.4 Å². The Morgan fingerprint density at radius 2 is 1.64 bits per heavy atom. The zero-order valence-corrected chi connectivity index (χ0v) is 15.5. The number of rotatable bonds is 2. The molecule has 2 amide bonds. The molecule has 1 saturated heterocycles. The van der Waals surface area contributed by atoms with Crippen LogP contribution in [0, 0.1) is 13.8 Å². The quantitative estimate of drug-likeness (QED) is 0.803. The molecular weight excluding hydrogens is 336 g/mol. The number of aryl methyl sites for hydroxylation is 1. The number of carbonyl (C=O) groups is 1. The maximum absolute atomic E-state index is 12.4. The predicted molar refractivity (Wildman–Crippen MR) is 107 cm³/mol. The minimum absolute atomic E-state index is 0. The average molecular weight is 361 g/mol. The zero-order chi connectivity index (χ0) is 17.1. The molecule has 1 aliphatic rings. The largest absolute Gasteiger partial charge is 0.399 e. The fourth-order valence-electron chi connectivity index (χ4n) is 3.00. The van der Waals surface area contributed by atoms with Crippen LogP contribution in [0.4, 0.5) is 21.9 Å². The third-order valence-electron chi connectivity index (χ3n) is 4.65. The molecule has 134 valence electrons. The highest BCUT2D eigenvalue weighted by molar-refractivity contribution is 5.89. The smallest absolute Gasteiger partial charge is 0.321 e. The normalized spacial score (nSPS) is 14.0. The summed E-state index contributed by atoms with van der Waals surface area (Å²) >= 11 is 0. The van der Waals surface area contributed by atoms with Gasteiger partial charge in [-0.2, -0.15) is 0 Å². The van der Waals surface area contributed by atoms with E-state index in [-0.39, 0.29) is 18.4 Å². The van der Waals surface area contributed by atoms with E-state index >= 15 is 0 Å². The van der Waals surface area contributed by atoms with Gasteiger partial charge in [0, 0.05) is 43.2 Å². The van der Waals surface area contributed by atoms with Crippen molar-refractivity contribution >= 4 is 35.5 Å². The van der Waals surface area contributed by atoms with E-state index in [1.54, 1.807) is 12.1 Å². The molecule has 0 bridgehead atoms. The monoisotopic (exact) mass is 360 g/mol. The molecule has 25 heavy (non-hydrogen) atoms. The summed E-state index contributed by atoms with van der Waals surface area (Å²) in [4.78, 5) is 16.6. The SMILES string of the molecule is Cc1cccc(N2CCN(C(=O)Nc3ccc(N)cc3)CC2)c1C.Cl. The van der Waals surface area contributed by atoms with Crippen LogP contribution in [0.1, 0.15) is 11.1 Å². The minimum Gasteiger partial charge on any atom is -0.399 e. The van der Waals surface area contributed by atoms with E-state index in [0.29, 0.717) is 18.8 Å².